The number of hydrogen-bond donors (Lipinski definition) is 0. The topological polar surface area (TPSA) is 70.8 Å². The van der Waals surface area contributed by atoms with E-state index in [2.05, 4.69) is 0 Å². The summed E-state index contributed by atoms with van der Waals surface area (Å²) in [6, 6.07) is 4.69. The van der Waals surface area contributed by atoms with Crippen LogP contribution in [0.1, 0.15) is 24.8 Å². The summed E-state index contributed by atoms with van der Waals surface area (Å²) < 4.78 is 16.8. The van der Waals surface area contributed by atoms with Gasteiger partial charge in [0, 0.05) is 23.6 Å². The third-order valence-electron chi connectivity index (χ3n) is 3.49. The summed E-state index contributed by atoms with van der Waals surface area (Å²) in [6.07, 6.45) is 0.456. The zero-order valence-electron chi connectivity index (χ0n) is 10.6. The molecule has 0 bridgehead atoms. The molecule has 2 aliphatic heterocycles. The van der Waals surface area contributed by atoms with Gasteiger partial charge in [-0.2, -0.15) is 0 Å². The van der Waals surface area contributed by atoms with Gasteiger partial charge in [0.1, 0.15) is 5.75 Å². The number of benzene rings is 1. The molecule has 1 aromatic carbocycles. The number of ether oxygens (including phenoxy) is 3. The van der Waals surface area contributed by atoms with Crippen LogP contribution >= 0.6 is 0 Å². The van der Waals surface area contributed by atoms with Gasteiger partial charge in [0.05, 0.1) is 24.2 Å². The Hall–Kier alpha value is -1.66. The molecule has 0 aliphatic carbocycles. The second-order valence-corrected chi connectivity index (χ2v) is 4.86. The molecule has 0 saturated carbocycles. The van der Waals surface area contributed by atoms with E-state index in [1.165, 1.54) is 6.07 Å². The van der Waals surface area contributed by atoms with E-state index in [1.807, 2.05) is 6.92 Å². The van der Waals surface area contributed by atoms with E-state index in [-0.39, 0.29) is 24.0 Å². The summed E-state index contributed by atoms with van der Waals surface area (Å²) in [5.74, 6) is 0.676. The molecule has 3 rings (SSSR count). The minimum Gasteiger partial charge on any atom is -0.490 e. The van der Waals surface area contributed by atoms with Crippen LogP contribution in [-0.2, 0) is 9.47 Å². The Morgan fingerprint density at radius 2 is 2.05 bits per heavy atom. The molecular formula is C13H15NO5. The van der Waals surface area contributed by atoms with Gasteiger partial charge in [-0.25, -0.2) is 0 Å². The molecule has 2 atom stereocenters. The van der Waals surface area contributed by atoms with Crippen LogP contribution in [0.4, 0.5) is 5.69 Å². The molecule has 19 heavy (non-hydrogen) atoms. The predicted molar refractivity (Wildman–Crippen MR) is 66.2 cm³/mol. The molecule has 1 fully saturated rings. The lowest BCUT2D eigenvalue weighted by atomic mass is 9.89. The maximum atomic E-state index is 10.9. The molecule has 2 heterocycles. The van der Waals surface area contributed by atoms with E-state index >= 15 is 0 Å². The van der Waals surface area contributed by atoms with Gasteiger partial charge in [0.25, 0.3) is 5.69 Å². The van der Waals surface area contributed by atoms with Gasteiger partial charge >= 0.3 is 0 Å². The molecular weight excluding hydrogens is 250 g/mol. The standard InChI is InChI=1S/C13H15NO5/c1-8-6-11(13-17-4-5-18-13)10-7-9(14(15)16)2-3-12(10)19-8/h2-3,7-8,11,13H,4-6H2,1H3/t8-,11-/m1/s1. The van der Waals surface area contributed by atoms with E-state index in [0.29, 0.717) is 19.0 Å². The Kier molecular flexibility index (Phi) is 3.12. The zero-order valence-corrected chi connectivity index (χ0v) is 10.6. The third kappa shape index (κ3) is 2.29. The smallest absolute Gasteiger partial charge is 0.269 e. The second-order valence-electron chi connectivity index (χ2n) is 4.86. The fourth-order valence-corrected chi connectivity index (χ4v) is 2.66. The average Bonchev–Trinajstić information content (AvgIpc) is 2.90. The molecule has 0 aromatic heterocycles. The molecule has 0 unspecified atom stereocenters. The lowest BCUT2D eigenvalue weighted by molar-refractivity contribution is -0.385. The fourth-order valence-electron chi connectivity index (χ4n) is 2.66. The van der Waals surface area contributed by atoms with Gasteiger partial charge in [-0.05, 0) is 19.4 Å². The summed E-state index contributed by atoms with van der Waals surface area (Å²) in [5, 5.41) is 10.9. The number of nitro groups is 1. The van der Waals surface area contributed by atoms with E-state index in [4.69, 9.17) is 14.2 Å². The van der Waals surface area contributed by atoms with Gasteiger partial charge in [-0.15, -0.1) is 0 Å². The van der Waals surface area contributed by atoms with Gasteiger partial charge in [-0.1, -0.05) is 0 Å². The van der Waals surface area contributed by atoms with Crippen molar-refractivity contribution in [3.8, 4) is 5.75 Å². The van der Waals surface area contributed by atoms with Crippen LogP contribution in [0.25, 0.3) is 0 Å². The van der Waals surface area contributed by atoms with E-state index in [1.54, 1.807) is 12.1 Å². The van der Waals surface area contributed by atoms with Crippen molar-refractivity contribution in [2.75, 3.05) is 13.2 Å². The molecule has 0 radical (unpaired) electrons. The van der Waals surface area contributed by atoms with Crippen molar-refractivity contribution in [3.63, 3.8) is 0 Å². The van der Waals surface area contributed by atoms with Crippen LogP contribution in [0.3, 0.4) is 0 Å². The van der Waals surface area contributed by atoms with Gasteiger partial charge in [0.2, 0.25) is 0 Å². The molecule has 0 spiro atoms. The Morgan fingerprint density at radius 1 is 1.32 bits per heavy atom. The largest absolute Gasteiger partial charge is 0.490 e. The second kappa shape index (κ2) is 4.79. The van der Waals surface area contributed by atoms with Crippen molar-refractivity contribution < 1.29 is 19.1 Å². The first kappa shape index (κ1) is 12.4. The van der Waals surface area contributed by atoms with Gasteiger partial charge < -0.3 is 14.2 Å². The predicted octanol–water partition coefficient (Wildman–Crippen LogP) is 2.22. The molecule has 0 amide bonds. The van der Waals surface area contributed by atoms with Crippen molar-refractivity contribution in [2.24, 2.45) is 0 Å². The summed E-state index contributed by atoms with van der Waals surface area (Å²) in [7, 11) is 0. The average molecular weight is 265 g/mol. The van der Waals surface area contributed by atoms with Crippen LogP contribution in [0.5, 0.6) is 5.75 Å². The monoisotopic (exact) mass is 265 g/mol. The number of non-ortho nitro benzene ring substituents is 1. The van der Waals surface area contributed by atoms with Crippen molar-refractivity contribution in [3.05, 3.63) is 33.9 Å². The molecule has 0 N–H and O–H groups in total. The summed E-state index contributed by atoms with van der Waals surface area (Å²) in [4.78, 5) is 10.5. The summed E-state index contributed by atoms with van der Waals surface area (Å²) >= 11 is 0. The number of nitro benzene ring substituents is 1. The Bertz CT molecular complexity index is 498. The van der Waals surface area contributed by atoms with Gasteiger partial charge in [0.15, 0.2) is 6.29 Å². The highest BCUT2D eigenvalue weighted by atomic mass is 16.7. The highest BCUT2D eigenvalue weighted by Gasteiger charge is 2.36. The molecule has 102 valence electrons. The zero-order chi connectivity index (χ0) is 13.4. The first-order valence-corrected chi connectivity index (χ1v) is 6.33. The number of nitrogens with zero attached hydrogens (tertiary/aromatic N) is 1. The van der Waals surface area contributed by atoms with Crippen LogP contribution in [0, 0.1) is 10.1 Å². The minimum absolute atomic E-state index is 0.0128. The Labute approximate surface area is 110 Å². The fraction of sp³-hybridized carbons (Fsp3) is 0.538. The first-order chi connectivity index (χ1) is 9.15. The van der Waals surface area contributed by atoms with Crippen LogP contribution in [0.15, 0.2) is 18.2 Å². The number of fused-ring (bicyclic) bond motifs is 1. The number of rotatable bonds is 2. The maximum absolute atomic E-state index is 10.9. The molecule has 2 aliphatic rings. The summed E-state index contributed by atoms with van der Waals surface area (Å²) in [6.45, 7) is 3.12. The van der Waals surface area contributed by atoms with Crippen molar-refractivity contribution in [2.45, 2.75) is 31.7 Å². The highest BCUT2D eigenvalue weighted by molar-refractivity contribution is 5.47. The molecule has 1 aromatic rings. The Morgan fingerprint density at radius 3 is 2.74 bits per heavy atom. The molecule has 6 nitrogen and oxygen atoms in total. The quantitative estimate of drug-likeness (QED) is 0.605. The summed E-state index contributed by atoms with van der Waals surface area (Å²) in [5.41, 5.74) is 0.874. The molecule has 6 heteroatoms. The SMILES string of the molecule is C[C@@H]1C[C@@H](C2OCCO2)c2cc([N+](=O)[O-])ccc2O1. The van der Waals surface area contributed by atoms with Crippen LogP contribution in [-0.4, -0.2) is 30.5 Å². The number of hydrogen-bond acceptors (Lipinski definition) is 5. The van der Waals surface area contributed by atoms with Crippen LogP contribution in [0.2, 0.25) is 0 Å². The maximum Gasteiger partial charge on any atom is 0.269 e. The van der Waals surface area contributed by atoms with Crippen molar-refractivity contribution in [1.29, 1.82) is 0 Å². The lowest BCUT2D eigenvalue weighted by Gasteiger charge is -2.32. The first-order valence-electron chi connectivity index (χ1n) is 6.33. The van der Waals surface area contributed by atoms with Gasteiger partial charge in [-0.3, -0.25) is 10.1 Å². The normalized spacial score (nSPS) is 26.8. The van der Waals surface area contributed by atoms with E-state index in [0.717, 1.165) is 12.0 Å². The van der Waals surface area contributed by atoms with Crippen molar-refractivity contribution >= 4 is 5.69 Å². The lowest BCUT2D eigenvalue weighted by Crippen LogP contribution is -2.30. The van der Waals surface area contributed by atoms with E-state index < -0.39 is 4.92 Å². The van der Waals surface area contributed by atoms with E-state index in [9.17, 15) is 10.1 Å². The molecule has 1 saturated heterocycles. The van der Waals surface area contributed by atoms with Crippen LogP contribution < -0.4 is 4.74 Å². The highest BCUT2D eigenvalue weighted by Crippen LogP contribution is 2.41. The Balaban J connectivity index is 1.99. The van der Waals surface area contributed by atoms with Crippen molar-refractivity contribution in [1.82, 2.24) is 0 Å². The minimum atomic E-state index is -0.397. The third-order valence-corrected chi connectivity index (χ3v) is 3.49.